The molecular weight excluding hydrogens is 170 g/mol. The van der Waals surface area contributed by atoms with Crippen LogP contribution in [0.5, 0.6) is 0 Å². The summed E-state index contributed by atoms with van der Waals surface area (Å²) in [6, 6.07) is 8.37. The first-order chi connectivity index (χ1) is 6.63. The van der Waals surface area contributed by atoms with Gasteiger partial charge in [-0.2, -0.15) is 0 Å². The fraction of sp³-hybridized carbons (Fsp3) is 0.462. The highest BCUT2D eigenvalue weighted by Crippen LogP contribution is 2.11. The molecule has 0 spiro atoms. The van der Waals surface area contributed by atoms with Gasteiger partial charge in [0.1, 0.15) is 0 Å². The molecule has 1 aromatic rings. The van der Waals surface area contributed by atoms with Gasteiger partial charge < -0.3 is 5.41 Å². The first-order valence-electron chi connectivity index (χ1n) is 5.30. The van der Waals surface area contributed by atoms with Crippen LogP contribution in [-0.2, 0) is 6.42 Å². The molecule has 0 saturated heterocycles. The van der Waals surface area contributed by atoms with Gasteiger partial charge in [-0.3, -0.25) is 0 Å². The predicted octanol–water partition coefficient (Wildman–Crippen LogP) is 3.66. The molecule has 0 radical (unpaired) electrons. The zero-order chi connectivity index (χ0) is 10.6. The van der Waals surface area contributed by atoms with Crippen molar-refractivity contribution < 1.29 is 0 Å². The number of benzene rings is 1. The lowest BCUT2D eigenvalue weighted by atomic mass is 9.99. The summed E-state index contributed by atoms with van der Waals surface area (Å²) in [5.74, 6) is 0.682. The normalized spacial score (nSPS) is 10.6. The highest BCUT2D eigenvalue weighted by molar-refractivity contribution is 5.98. The van der Waals surface area contributed by atoms with Gasteiger partial charge in [0.15, 0.2) is 0 Å². The third-order valence-electron chi connectivity index (χ3n) is 2.27. The van der Waals surface area contributed by atoms with Crippen molar-refractivity contribution in [3.63, 3.8) is 0 Å². The summed E-state index contributed by atoms with van der Waals surface area (Å²) in [6.07, 6.45) is 1.91. The topological polar surface area (TPSA) is 23.9 Å². The van der Waals surface area contributed by atoms with Gasteiger partial charge in [0, 0.05) is 5.71 Å². The summed E-state index contributed by atoms with van der Waals surface area (Å²) in [5.41, 5.74) is 3.15. The van der Waals surface area contributed by atoms with Gasteiger partial charge in [-0.05, 0) is 36.0 Å². The molecule has 1 aromatic carbocycles. The molecule has 0 fully saturated rings. The van der Waals surface area contributed by atoms with Gasteiger partial charge in [0.05, 0.1) is 0 Å². The maximum atomic E-state index is 7.76. The Kier molecular flexibility index (Phi) is 3.87. The zero-order valence-corrected chi connectivity index (χ0v) is 9.30. The molecule has 0 aliphatic heterocycles. The SMILES string of the molecule is CCC(=N)c1cccc(CC(C)C)c1. The van der Waals surface area contributed by atoms with Gasteiger partial charge in [-0.1, -0.05) is 39.0 Å². The van der Waals surface area contributed by atoms with Crippen molar-refractivity contribution >= 4 is 5.71 Å². The van der Waals surface area contributed by atoms with E-state index in [1.807, 2.05) is 13.0 Å². The van der Waals surface area contributed by atoms with Crippen LogP contribution in [0, 0.1) is 11.3 Å². The molecule has 0 heterocycles. The minimum absolute atomic E-state index is 0.682. The van der Waals surface area contributed by atoms with Crippen LogP contribution in [0.4, 0.5) is 0 Å². The average Bonchev–Trinajstić information content (AvgIpc) is 2.16. The molecule has 0 bridgehead atoms. The second kappa shape index (κ2) is 4.94. The van der Waals surface area contributed by atoms with Crippen LogP contribution in [0.15, 0.2) is 24.3 Å². The van der Waals surface area contributed by atoms with Gasteiger partial charge in [0.2, 0.25) is 0 Å². The smallest absolute Gasteiger partial charge is 0.0383 e. The Balaban J connectivity index is 2.84. The quantitative estimate of drug-likeness (QED) is 0.699. The van der Waals surface area contributed by atoms with E-state index in [0.29, 0.717) is 5.92 Å². The molecule has 1 nitrogen and oxygen atoms in total. The fourth-order valence-corrected chi connectivity index (χ4v) is 1.56. The Labute approximate surface area is 86.7 Å². The largest absolute Gasteiger partial charge is 0.305 e. The van der Waals surface area contributed by atoms with Crippen molar-refractivity contribution in [1.29, 1.82) is 5.41 Å². The van der Waals surface area contributed by atoms with Crippen LogP contribution in [0.25, 0.3) is 0 Å². The van der Waals surface area contributed by atoms with Crippen molar-refractivity contribution in [3.8, 4) is 0 Å². The van der Waals surface area contributed by atoms with Crippen LogP contribution in [0.2, 0.25) is 0 Å². The monoisotopic (exact) mass is 189 g/mol. The first kappa shape index (κ1) is 11.0. The molecule has 14 heavy (non-hydrogen) atoms. The Morgan fingerprint density at radius 2 is 2.07 bits per heavy atom. The molecule has 0 atom stereocenters. The van der Waals surface area contributed by atoms with E-state index >= 15 is 0 Å². The number of hydrogen-bond acceptors (Lipinski definition) is 1. The standard InChI is InChI=1S/C13H19N/c1-4-13(14)12-7-5-6-11(9-12)8-10(2)3/h5-7,9-10,14H,4,8H2,1-3H3. The zero-order valence-electron chi connectivity index (χ0n) is 9.30. The van der Waals surface area contributed by atoms with Crippen molar-refractivity contribution in [2.24, 2.45) is 5.92 Å². The molecular formula is C13H19N. The van der Waals surface area contributed by atoms with Crippen LogP contribution in [0.3, 0.4) is 0 Å². The molecule has 1 heteroatoms. The Bertz CT molecular complexity index is 313. The Morgan fingerprint density at radius 3 is 2.64 bits per heavy atom. The molecule has 76 valence electrons. The molecule has 0 unspecified atom stereocenters. The predicted molar refractivity (Wildman–Crippen MR) is 62.1 cm³/mol. The molecule has 1 N–H and O–H groups in total. The minimum Gasteiger partial charge on any atom is -0.305 e. The van der Waals surface area contributed by atoms with Gasteiger partial charge >= 0.3 is 0 Å². The molecule has 0 aromatic heterocycles. The third kappa shape index (κ3) is 2.99. The van der Waals surface area contributed by atoms with E-state index in [0.717, 1.165) is 24.1 Å². The number of hydrogen-bond donors (Lipinski definition) is 1. The van der Waals surface area contributed by atoms with Crippen molar-refractivity contribution in [2.75, 3.05) is 0 Å². The highest BCUT2D eigenvalue weighted by Gasteiger charge is 2.01. The van der Waals surface area contributed by atoms with E-state index in [2.05, 4.69) is 32.0 Å². The lowest BCUT2D eigenvalue weighted by molar-refractivity contribution is 0.647. The van der Waals surface area contributed by atoms with E-state index < -0.39 is 0 Å². The van der Waals surface area contributed by atoms with E-state index in [9.17, 15) is 0 Å². The average molecular weight is 189 g/mol. The lowest BCUT2D eigenvalue weighted by Gasteiger charge is -2.07. The van der Waals surface area contributed by atoms with Crippen LogP contribution < -0.4 is 0 Å². The summed E-state index contributed by atoms with van der Waals surface area (Å²) in [4.78, 5) is 0. The van der Waals surface area contributed by atoms with Crippen LogP contribution >= 0.6 is 0 Å². The number of nitrogens with one attached hydrogen (secondary N) is 1. The maximum Gasteiger partial charge on any atom is 0.0383 e. The van der Waals surface area contributed by atoms with Crippen molar-refractivity contribution in [1.82, 2.24) is 0 Å². The third-order valence-corrected chi connectivity index (χ3v) is 2.27. The van der Waals surface area contributed by atoms with E-state index in [1.54, 1.807) is 0 Å². The van der Waals surface area contributed by atoms with E-state index in [4.69, 9.17) is 5.41 Å². The minimum atomic E-state index is 0.682. The highest BCUT2D eigenvalue weighted by atomic mass is 14.4. The van der Waals surface area contributed by atoms with Crippen LogP contribution in [-0.4, -0.2) is 5.71 Å². The van der Waals surface area contributed by atoms with Crippen molar-refractivity contribution in [2.45, 2.75) is 33.6 Å². The molecule has 0 amide bonds. The molecule has 0 saturated carbocycles. The molecule has 0 aliphatic rings. The van der Waals surface area contributed by atoms with Crippen molar-refractivity contribution in [3.05, 3.63) is 35.4 Å². The fourth-order valence-electron chi connectivity index (χ4n) is 1.56. The molecule has 1 rings (SSSR count). The summed E-state index contributed by atoms with van der Waals surface area (Å²) < 4.78 is 0. The summed E-state index contributed by atoms with van der Waals surface area (Å²) in [5, 5.41) is 7.76. The lowest BCUT2D eigenvalue weighted by Crippen LogP contribution is -1.99. The van der Waals surface area contributed by atoms with Gasteiger partial charge in [-0.15, -0.1) is 0 Å². The van der Waals surface area contributed by atoms with Gasteiger partial charge in [0.25, 0.3) is 0 Å². The Hall–Kier alpha value is -1.11. The number of rotatable bonds is 4. The van der Waals surface area contributed by atoms with Gasteiger partial charge in [-0.25, -0.2) is 0 Å². The van der Waals surface area contributed by atoms with Crippen LogP contribution in [0.1, 0.15) is 38.3 Å². The summed E-state index contributed by atoms with van der Waals surface area (Å²) in [7, 11) is 0. The van der Waals surface area contributed by atoms with E-state index in [1.165, 1.54) is 5.56 Å². The summed E-state index contributed by atoms with van der Waals surface area (Å²) in [6.45, 7) is 6.47. The Morgan fingerprint density at radius 1 is 1.36 bits per heavy atom. The summed E-state index contributed by atoms with van der Waals surface area (Å²) >= 11 is 0. The first-order valence-corrected chi connectivity index (χ1v) is 5.30. The molecule has 0 aliphatic carbocycles. The second-order valence-electron chi connectivity index (χ2n) is 4.13. The van der Waals surface area contributed by atoms with E-state index in [-0.39, 0.29) is 0 Å². The second-order valence-corrected chi connectivity index (χ2v) is 4.13. The maximum absolute atomic E-state index is 7.76.